The minimum atomic E-state index is -0.326. The molecule has 2 rings (SSSR count). The zero-order valence-electron chi connectivity index (χ0n) is 10.5. The molecule has 4 nitrogen and oxygen atoms in total. The first-order valence-electron chi connectivity index (χ1n) is 6.63. The summed E-state index contributed by atoms with van der Waals surface area (Å²) >= 11 is 0. The van der Waals surface area contributed by atoms with Crippen LogP contribution in [0.1, 0.15) is 25.7 Å². The van der Waals surface area contributed by atoms with Crippen LogP contribution >= 0.6 is 0 Å². The summed E-state index contributed by atoms with van der Waals surface area (Å²) in [7, 11) is 0. The van der Waals surface area contributed by atoms with E-state index in [1.807, 2.05) is 17.1 Å². The van der Waals surface area contributed by atoms with E-state index in [2.05, 4.69) is 17.5 Å². The van der Waals surface area contributed by atoms with Gasteiger partial charge in [-0.25, -0.2) is 0 Å². The molecule has 4 heteroatoms. The van der Waals surface area contributed by atoms with E-state index >= 15 is 0 Å². The second-order valence-corrected chi connectivity index (χ2v) is 4.93. The quantitative estimate of drug-likeness (QED) is 0.761. The van der Waals surface area contributed by atoms with E-state index < -0.39 is 0 Å². The fraction of sp³-hybridized carbons (Fsp3) is 0.571. The number of amides is 2. The fourth-order valence-corrected chi connectivity index (χ4v) is 2.57. The first-order chi connectivity index (χ1) is 8.81. The van der Waals surface area contributed by atoms with Crippen LogP contribution in [0.4, 0.5) is 0 Å². The van der Waals surface area contributed by atoms with Crippen LogP contribution < -0.4 is 5.32 Å². The largest absolute Gasteiger partial charge is 0.347 e. The van der Waals surface area contributed by atoms with Crippen molar-refractivity contribution in [3.63, 3.8) is 0 Å². The van der Waals surface area contributed by atoms with Crippen LogP contribution in [0.5, 0.6) is 0 Å². The Balaban J connectivity index is 1.96. The number of nitrogens with zero attached hydrogens (tertiary/aromatic N) is 1. The van der Waals surface area contributed by atoms with Crippen LogP contribution in [0, 0.1) is 5.92 Å². The molecule has 1 unspecified atom stereocenters. The molecule has 2 amide bonds. The molecule has 0 aromatic heterocycles. The van der Waals surface area contributed by atoms with Crippen LogP contribution in [-0.2, 0) is 9.59 Å². The SMILES string of the molecule is O=CN[C@H]1CCCCN(CC2C=CC=CC2)C1=O. The smallest absolute Gasteiger partial charge is 0.245 e. The number of hydrogen-bond acceptors (Lipinski definition) is 2. The zero-order valence-corrected chi connectivity index (χ0v) is 10.5. The lowest BCUT2D eigenvalue weighted by Gasteiger charge is -2.27. The van der Waals surface area contributed by atoms with Crippen molar-refractivity contribution in [2.24, 2.45) is 5.92 Å². The summed E-state index contributed by atoms with van der Waals surface area (Å²) in [6, 6.07) is -0.326. The van der Waals surface area contributed by atoms with Crippen LogP contribution in [0.3, 0.4) is 0 Å². The Morgan fingerprint density at radius 3 is 3.00 bits per heavy atom. The number of rotatable bonds is 4. The molecule has 1 heterocycles. The Labute approximate surface area is 108 Å². The predicted molar refractivity (Wildman–Crippen MR) is 69.8 cm³/mol. The maximum Gasteiger partial charge on any atom is 0.245 e. The highest BCUT2D eigenvalue weighted by atomic mass is 16.2. The Morgan fingerprint density at radius 2 is 2.28 bits per heavy atom. The molecule has 0 aromatic carbocycles. The Morgan fingerprint density at radius 1 is 1.39 bits per heavy atom. The normalized spacial score (nSPS) is 28.0. The van der Waals surface area contributed by atoms with Crippen LogP contribution in [0.25, 0.3) is 0 Å². The lowest BCUT2D eigenvalue weighted by atomic mass is 10.00. The highest BCUT2D eigenvalue weighted by Crippen LogP contribution is 2.17. The number of allylic oxidation sites excluding steroid dienone is 3. The minimum absolute atomic E-state index is 0.0718. The van der Waals surface area contributed by atoms with Gasteiger partial charge in [0.2, 0.25) is 12.3 Å². The predicted octanol–water partition coefficient (Wildman–Crippen LogP) is 1.25. The molecule has 0 saturated carbocycles. The maximum atomic E-state index is 12.3. The number of nitrogens with one attached hydrogen (secondary N) is 1. The molecular formula is C14H20N2O2. The Kier molecular flexibility index (Phi) is 4.56. The third-order valence-corrected chi connectivity index (χ3v) is 3.57. The standard InChI is InChI=1S/C14H20N2O2/c17-11-15-13-8-4-5-9-16(14(13)18)10-12-6-2-1-3-7-12/h1-3,6,11-13H,4-5,7-10H2,(H,15,17)/t12?,13-/m0/s1. The summed E-state index contributed by atoms with van der Waals surface area (Å²) in [5, 5.41) is 2.64. The van der Waals surface area contributed by atoms with Crippen molar-refractivity contribution in [2.45, 2.75) is 31.7 Å². The molecule has 1 N–H and O–H groups in total. The fourth-order valence-electron chi connectivity index (χ4n) is 2.57. The van der Waals surface area contributed by atoms with Gasteiger partial charge in [-0.1, -0.05) is 24.3 Å². The van der Waals surface area contributed by atoms with Gasteiger partial charge in [-0.3, -0.25) is 9.59 Å². The molecule has 1 aliphatic heterocycles. The van der Waals surface area contributed by atoms with Gasteiger partial charge in [0, 0.05) is 13.1 Å². The lowest BCUT2D eigenvalue weighted by Crippen LogP contribution is -2.46. The van der Waals surface area contributed by atoms with E-state index in [4.69, 9.17) is 0 Å². The van der Waals surface area contributed by atoms with Gasteiger partial charge in [0.15, 0.2) is 0 Å². The van der Waals surface area contributed by atoms with Crippen LogP contribution in [0.15, 0.2) is 24.3 Å². The molecule has 98 valence electrons. The van der Waals surface area contributed by atoms with E-state index in [0.717, 1.165) is 38.8 Å². The molecule has 1 fully saturated rings. The van der Waals surface area contributed by atoms with Gasteiger partial charge in [0.25, 0.3) is 0 Å². The van der Waals surface area contributed by atoms with Crippen molar-refractivity contribution in [2.75, 3.05) is 13.1 Å². The molecule has 0 spiro atoms. The van der Waals surface area contributed by atoms with Gasteiger partial charge < -0.3 is 10.2 Å². The third-order valence-electron chi connectivity index (χ3n) is 3.57. The van der Waals surface area contributed by atoms with Gasteiger partial charge in [0.05, 0.1) is 0 Å². The van der Waals surface area contributed by atoms with Crippen molar-refractivity contribution in [1.29, 1.82) is 0 Å². The van der Waals surface area contributed by atoms with Crippen LogP contribution in [-0.4, -0.2) is 36.3 Å². The molecule has 2 aliphatic rings. The van der Waals surface area contributed by atoms with Crippen molar-refractivity contribution in [3.05, 3.63) is 24.3 Å². The number of hydrogen-bond donors (Lipinski definition) is 1. The van der Waals surface area contributed by atoms with Crippen molar-refractivity contribution >= 4 is 12.3 Å². The van der Waals surface area contributed by atoms with Crippen molar-refractivity contribution in [3.8, 4) is 0 Å². The van der Waals surface area contributed by atoms with Gasteiger partial charge in [-0.05, 0) is 31.6 Å². The molecule has 1 aliphatic carbocycles. The Bertz CT molecular complexity index is 363. The van der Waals surface area contributed by atoms with Crippen LogP contribution in [0.2, 0.25) is 0 Å². The molecule has 2 atom stereocenters. The van der Waals surface area contributed by atoms with Gasteiger partial charge in [0.1, 0.15) is 6.04 Å². The molecular weight excluding hydrogens is 228 g/mol. The van der Waals surface area contributed by atoms with Gasteiger partial charge >= 0.3 is 0 Å². The summed E-state index contributed by atoms with van der Waals surface area (Å²) in [5.74, 6) is 0.483. The molecule has 1 saturated heterocycles. The Hall–Kier alpha value is -1.58. The van der Waals surface area contributed by atoms with Crippen molar-refractivity contribution in [1.82, 2.24) is 10.2 Å². The van der Waals surface area contributed by atoms with E-state index in [0.29, 0.717) is 12.3 Å². The summed E-state index contributed by atoms with van der Waals surface area (Å²) in [6.07, 6.45) is 12.8. The third kappa shape index (κ3) is 3.22. The number of carbonyl (C=O) groups is 2. The summed E-state index contributed by atoms with van der Waals surface area (Å²) in [4.78, 5) is 24.7. The summed E-state index contributed by atoms with van der Waals surface area (Å²) in [5.41, 5.74) is 0. The summed E-state index contributed by atoms with van der Waals surface area (Å²) < 4.78 is 0. The average Bonchev–Trinajstić information content (AvgIpc) is 2.56. The molecule has 18 heavy (non-hydrogen) atoms. The average molecular weight is 248 g/mol. The van der Waals surface area contributed by atoms with Gasteiger partial charge in [-0.15, -0.1) is 0 Å². The second-order valence-electron chi connectivity index (χ2n) is 4.93. The zero-order chi connectivity index (χ0) is 12.8. The maximum absolute atomic E-state index is 12.3. The second kappa shape index (κ2) is 6.38. The first kappa shape index (κ1) is 12.9. The van der Waals surface area contributed by atoms with E-state index in [1.165, 1.54) is 0 Å². The highest BCUT2D eigenvalue weighted by molar-refractivity contribution is 5.84. The van der Waals surface area contributed by atoms with E-state index in [-0.39, 0.29) is 11.9 Å². The van der Waals surface area contributed by atoms with Crippen molar-refractivity contribution < 1.29 is 9.59 Å². The minimum Gasteiger partial charge on any atom is -0.347 e. The molecule has 0 aromatic rings. The first-order valence-corrected chi connectivity index (χ1v) is 6.63. The lowest BCUT2D eigenvalue weighted by molar-refractivity contribution is -0.134. The van der Waals surface area contributed by atoms with E-state index in [9.17, 15) is 9.59 Å². The number of carbonyl (C=O) groups excluding carboxylic acids is 2. The van der Waals surface area contributed by atoms with E-state index in [1.54, 1.807) is 0 Å². The molecule has 0 radical (unpaired) electrons. The monoisotopic (exact) mass is 248 g/mol. The summed E-state index contributed by atoms with van der Waals surface area (Å²) in [6.45, 7) is 1.57. The molecule has 0 bridgehead atoms. The topological polar surface area (TPSA) is 49.4 Å². The number of likely N-dealkylation sites (tertiary alicyclic amines) is 1. The van der Waals surface area contributed by atoms with Gasteiger partial charge in [-0.2, -0.15) is 0 Å². The highest BCUT2D eigenvalue weighted by Gasteiger charge is 2.27.